The molecule has 0 aromatic heterocycles. The molecule has 4 amide bonds. The minimum atomic E-state index is -1.00. The fraction of sp³-hybridized carbons (Fsp3) is 0.600. The number of phenols is 1. The maximum Gasteiger partial charge on any atom is 0.410 e. The number of urea groups is 1. The quantitative estimate of drug-likeness (QED) is 0.336. The maximum atomic E-state index is 14.1. The molecule has 2 aromatic rings. The number of aromatic hydroxyl groups is 1. The molecule has 4 aliphatic rings. The van der Waals surface area contributed by atoms with Gasteiger partial charge in [0.2, 0.25) is 0 Å². The molecule has 0 unspecified atom stereocenters. The van der Waals surface area contributed by atoms with Gasteiger partial charge in [-0.15, -0.1) is 0 Å². The molecule has 4 heterocycles. The van der Waals surface area contributed by atoms with Crippen LogP contribution in [0.2, 0.25) is 0 Å². The van der Waals surface area contributed by atoms with Gasteiger partial charge < -0.3 is 39.5 Å². The first-order chi connectivity index (χ1) is 25.1. The molecule has 12 nitrogen and oxygen atoms in total. The number of para-hydroxylation sites is 1. The average Bonchev–Trinajstić information content (AvgIpc) is 3.31. The lowest BCUT2D eigenvalue weighted by Crippen LogP contribution is -2.53. The van der Waals surface area contributed by atoms with E-state index in [-0.39, 0.29) is 36.1 Å². The number of anilines is 1. The van der Waals surface area contributed by atoms with Gasteiger partial charge in [0.1, 0.15) is 5.75 Å². The number of piperidine rings is 3. The summed E-state index contributed by atoms with van der Waals surface area (Å²) in [6, 6.07) is 11.8. The largest absolute Gasteiger partial charge is 0.507 e. The molecule has 2 aromatic carbocycles. The van der Waals surface area contributed by atoms with Gasteiger partial charge in [0.05, 0.1) is 6.61 Å². The monoisotopic (exact) mass is 717 g/mol. The molecule has 6 rings (SSSR count). The summed E-state index contributed by atoms with van der Waals surface area (Å²) in [5.41, 5.74) is 4.21. The second-order valence-electron chi connectivity index (χ2n) is 14.9. The van der Waals surface area contributed by atoms with E-state index < -0.39 is 12.2 Å². The topological polar surface area (TPSA) is 132 Å². The zero-order valence-corrected chi connectivity index (χ0v) is 31.0. The van der Waals surface area contributed by atoms with Crippen molar-refractivity contribution in [2.45, 2.75) is 96.7 Å². The van der Waals surface area contributed by atoms with Crippen molar-refractivity contribution in [2.24, 2.45) is 5.92 Å². The first-order valence-electron chi connectivity index (χ1n) is 19.2. The zero-order chi connectivity index (χ0) is 36.8. The van der Waals surface area contributed by atoms with Gasteiger partial charge in [-0.25, -0.2) is 9.59 Å². The fourth-order valence-corrected chi connectivity index (χ4v) is 8.48. The van der Waals surface area contributed by atoms with Gasteiger partial charge in [-0.05, 0) is 113 Å². The van der Waals surface area contributed by atoms with Crippen molar-refractivity contribution in [2.75, 3.05) is 57.7 Å². The Balaban J connectivity index is 1.05. The number of esters is 1. The number of nitrogens with zero attached hydrogens (tertiary/aromatic N) is 4. The number of fused-ring (bicyclic) bond motifs is 1. The highest BCUT2D eigenvalue weighted by Crippen LogP contribution is 2.29. The van der Waals surface area contributed by atoms with Gasteiger partial charge in [0, 0.05) is 63.3 Å². The van der Waals surface area contributed by atoms with Crippen molar-refractivity contribution in [3.63, 3.8) is 0 Å². The smallest absolute Gasteiger partial charge is 0.410 e. The first kappa shape index (κ1) is 37.4. The summed E-state index contributed by atoms with van der Waals surface area (Å²) in [5, 5.41) is 13.4. The van der Waals surface area contributed by atoms with Gasteiger partial charge in [-0.1, -0.05) is 30.3 Å². The normalized spacial score (nSPS) is 20.1. The molecule has 0 aliphatic carbocycles. The van der Waals surface area contributed by atoms with Crippen LogP contribution in [0, 0.1) is 19.8 Å². The van der Waals surface area contributed by atoms with Crippen LogP contribution in [0.5, 0.6) is 5.75 Å². The second-order valence-corrected chi connectivity index (χ2v) is 14.9. The van der Waals surface area contributed by atoms with Gasteiger partial charge in [0.15, 0.2) is 6.10 Å². The summed E-state index contributed by atoms with van der Waals surface area (Å²) in [6.07, 6.45) is 4.83. The Hall–Kier alpha value is -4.32. The number of hydrogen-bond acceptors (Lipinski definition) is 8. The minimum Gasteiger partial charge on any atom is -0.507 e. The minimum absolute atomic E-state index is 0.00314. The fourth-order valence-electron chi connectivity index (χ4n) is 8.48. The van der Waals surface area contributed by atoms with Gasteiger partial charge >= 0.3 is 18.1 Å². The summed E-state index contributed by atoms with van der Waals surface area (Å²) in [4.78, 5) is 60.8. The van der Waals surface area contributed by atoms with Crippen molar-refractivity contribution >= 4 is 29.7 Å². The highest BCUT2D eigenvalue weighted by molar-refractivity contribution is 5.91. The Morgan fingerprint density at radius 3 is 2.17 bits per heavy atom. The Labute approximate surface area is 307 Å². The molecule has 282 valence electrons. The number of amides is 4. The number of carbonyl (C=O) groups excluding carboxylic acids is 4. The molecule has 3 saturated heterocycles. The Bertz CT molecular complexity index is 1570. The first-order valence-corrected chi connectivity index (χ1v) is 19.2. The molecule has 3 fully saturated rings. The molecule has 2 N–H and O–H groups in total. The van der Waals surface area contributed by atoms with E-state index in [1.807, 2.05) is 67.0 Å². The standard InChI is InChI=1S/C40H55N5O7/c1-4-51-36(46)26-29-9-16-42(17-10-29)32-12-18-43(19-13-32)38(48)35(25-30-23-27(2)37(47)28(3)24-30)52-40(50)44-20-14-33(15-21-44)45-22-11-31-7-5-6-8-34(31)41-39(45)49/h5-8,23-24,29,32-33,35,47H,4,9-22,25-26H2,1-3H3,(H,41,49)/t35-/m1/s1. The highest BCUT2D eigenvalue weighted by atomic mass is 16.6. The summed E-state index contributed by atoms with van der Waals surface area (Å²) in [6.45, 7) is 10.4. The molecular weight excluding hydrogens is 662 g/mol. The number of ether oxygens (including phenoxy) is 2. The number of hydrogen-bond donors (Lipinski definition) is 2. The summed E-state index contributed by atoms with van der Waals surface area (Å²) >= 11 is 0. The molecule has 0 bridgehead atoms. The predicted octanol–water partition coefficient (Wildman–Crippen LogP) is 5.27. The lowest BCUT2D eigenvalue weighted by atomic mass is 9.91. The molecule has 0 radical (unpaired) electrons. The van der Waals surface area contributed by atoms with Crippen LogP contribution >= 0.6 is 0 Å². The van der Waals surface area contributed by atoms with Crippen molar-refractivity contribution in [3.8, 4) is 5.75 Å². The van der Waals surface area contributed by atoms with Gasteiger partial charge in [-0.3, -0.25) is 9.59 Å². The second kappa shape index (κ2) is 17.0. The van der Waals surface area contributed by atoms with Crippen LogP contribution in [-0.4, -0.2) is 119 Å². The molecule has 0 spiro atoms. The molecule has 12 heteroatoms. The number of carbonyl (C=O) groups is 4. The number of rotatable bonds is 9. The van der Waals surface area contributed by atoms with Gasteiger partial charge in [0.25, 0.3) is 5.91 Å². The zero-order valence-electron chi connectivity index (χ0n) is 31.0. The SMILES string of the molecule is CCOC(=O)CC1CCN(C2CCN(C(=O)[C@@H](Cc3cc(C)c(O)c(C)c3)OC(=O)N3CCC(N4CCc5ccccc5NC4=O)CC3)CC2)CC1. The summed E-state index contributed by atoms with van der Waals surface area (Å²) < 4.78 is 11.2. The Morgan fingerprint density at radius 2 is 1.50 bits per heavy atom. The van der Waals surface area contributed by atoms with E-state index in [1.165, 1.54) is 0 Å². The van der Waals surface area contributed by atoms with Crippen LogP contribution in [0.3, 0.4) is 0 Å². The summed E-state index contributed by atoms with van der Waals surface area (Å²) in [7, 11) is 0. The molecule has 1 atom stereocenters. The van der Waals surface area contributed by atoms with E-state index in [0.29, 0.717) is 81.7 Å². The number of likely N-dealkylation sites (tertiary alicyclic amines) is 3. The van der Waals surface area contributed by atoms with Gasteiger partial charge in [-0.2, -0.15) is 0 Å². The van der Waals surface area contributed by atoms with Crippen LogP contribution in [0.25, 0.3) is 0 Å². The molecule has 0 saturated carbocycles. The van der Waals surface area contributed by atoms with E-state index in [0.717, 1.165) is 62.0 Å². The van der Waals surface area contributed by atoms with Crippen molar-refractivity contribution in [1.82, 2.24) is 19.6 Å². The Kier molecular flexibility index (Phi) is 12.2. The van der Waals surface area contributed by atoms with Crippen LogP contribution in [-0.2, 0) is 31.9 Å². The lowest BCUT2D eigenvalue weighted by Gasteiger charge is -2.42. The average molecular weight is 718 g/mol. The third-order valence-corrected chi connectivity index (χ3v) is 11.5. The van der Waals surface area contributed by atoms with Crippen molar-refractivity contribution < 1.29 is 33.8 Å². The number of nitrogens with one attached hydrogen (secondary N) is 1. The summed E-state index contributed by atoms with van der Waals surface area (Å²) in [5.74, 6) is 0.273. The lowest BCUT2D eigenvalue weighted by molar-refractivity contribution is -0.144. The predicted molar refractivity (Wildman–Crippen MR) is 197 cm³/mol. The van der Waals surface area contributed by atoms with Crippen molar-refractivity contribution in [3.05, 3.63) is 58.7 Å². The van der Waals surface area contributed by atoms with E-state index in [1.54, 1.807) is 4.90 Å². The van der Waals surface area contributed by atoms with E-state index >= 15 is 0 Å². The van der Waals surface area contributed by atoms with E-state index in [4.69, 9.17) is 9.47 Å². The third kappa shape index (κ3) is 9.00. The van der Waals surface area contributed by atoms with Crippen LogP contribution < -0.4 is 5.32 Å². The number of benzene rings is 2. The third-order valence-electron chi connectivity index (χ3n) is 11.5. The van der Waals surface area contributed by atoms with E-state index in [2.05, 4.69) is 10.2 Å². The number of phenolic OH excluding ortho intramolecular Hbond substituents is 1. The maximum absolute atomic E-state index is 14.1. The number of aryl methyl sites for hydroxylation is 2. The van der Waals surface area contributed by atoms with Crippen molar-refractivity contribution in [1.29, 1.82) is 0 Å². The Morgan fingerprint density at radius 1 is 0.865 bits per heavy atom. The van der Waals surface area contributed by atoms with Crippen LogP contribution in [0.15, 0.2) is 36.4 Å². The van der Waals surface area contributed by atoms with Crippen LogP contribution in [0.1, 0.15) is 74.1 Å². The van der Waals surface area contributed by atoms with E-state index in [9.17, 15) is 24.3 Å². The molecule has 52 heavy (non-hydrogen) atoms. The molecular formula is C40H55N5O7. The van der Waals surface area contributed by atoms with Crippen LogP contribution in [0.4, 0.5) is 15.3 Å². The molecule has 4 aliphatic heterocycles. The highest BCUT2D eigenvalue weighted by Gasteiger charge is 2.37.